The Labute approximate surface area is 79.3 Å². The Morgan fingerprint density at radius 2 is 2.08 bits per heavy atom. The van der Waals surface area contributed by atoms with Gasteiger partial charge in [0.1, 0.15) is 5.76 Å². The maximum absolute atomic E-state index is 11.2. The number of rotatable bonds is 0. The maximum atomic E-state index is 11.2. The van der Waals surface area contributed by atoms with Gasteiger partial charge in [-0.05, 0) is 6.42 Å². The summed E-state index contributed by atoms with van der Waals surface area (Å²) in [6.07, 6.45) is 6.37. The molecule has 2 heteroatoms. The zero-order chi connectivity index (χ0) is 9.68. The largest absolute Gasteiger partial charge is 0.497 e. The molecule has 0 bridgehead atoms. The van der Waals surface area contributed by atoms with E-state index in [2.05, 4.69) is 0 Å². The van der Waals surface area contributed by atoms with Crippen LogP contribution in [-0.2, 0) is 9.53 Å². The van der Waals surface area contributed by atoms with Gasteiger partial charge in [0, 0.05) is 12.8 Å². The van der Waals surface area contributed by atoms with Gasteiger partial charge in [-0.3, -0.25) is 4.79 Å². The van der Waals surface area contributed by atoms with Crippen LogP contribution in [0.25, 0.3) is 0 Å². The quantitative estimate of drug-likeness (QED) is 0.572. The predicted octanol–water partition coefficient (Wildman–Crippen LogP) is 2.61. The van der Waals surface area contributed by atoms with E-state index in [1.54, 1.807) is 0 Å². The van der Waals surface area contributed by atoms with E-state index in [0.29, 0.717) is 13.0 Å². The Hall–Kier alpha value is -1.05. The molecule has 0 fully saturated rings. The molecule has 1 aliphatic carbocycles. The normalized spacial score (nSPS) is 20.0. The first-order valence-corrected chi connectivity index (χ1v) is 4.93. The number of allylic oxidation sites excluding steroid dienone is 4. The van der Waals surface area contributed by atoms with Crippen LogP contribution < -0.4 is 0 Å². The number of carbonyl (C=O) groups excluding carboxylic acids is 1. The Kier molecular flexibility index (Phi) is 3.74. The van der Waals surface area contributed by atoms with Crippen molar-refractivity contribution in [2.45, 2.75) is 33.1 Å². The van der Waals surface area contributed by atoms with Gasteiger partial charge < -0.3 is 4.74 Å². The average molecular weight is 180 g/mol. The molecule has 2 rings (SSSR count). The molecule has 0 N–H and O–H groups in total. The van der Waals surface area contributed by atoms with Gasteiger partial charge in [0.05, 0.1) is 12.2 Å². The molecule has 0 aromatic heterocycles. The second-order valence-electron chi connectivity index (χ2n) is 2.80. The van der Waals surface area contributed by atoms with Gasteiger partial charge in [-0.2, -0.15) is 0 Å². The number of hydrogen-bond donors (Lipinski definition) is 0. The van der Waals surface area contributed by atoms with Crippen LogP contribution in [-0.4, -0.2) is 12.4 Å². The summed E-state index contributed by atoms with van der Waals surface area (Å²) in [6.45, 7) is 4.57. The van der Waals surface area contributed by atoms with Crippen LogP contribution in [0.15, 0.2) is 23.5 Å². The molecule has 72 valence electrons. The fraction of sp³-hybridized carbons (Fsp3) is 0.545. The molecule has 0 spiro atoms. The molecule has 0 saturated carbocycles. The van der Waals surface area contributed by atoms with E-state index in [1.165, 1.54) is 0 Å². The van der Waals surface area contributed by atoms with Gasteiger partial charge in [0.2, 0.25) is 0 Å². The number of carbonyl (C=O) groups is 1. The lowest BCUT2D eigenvalue weighted by molar-refractivity contribution is -0.117. The third kappa shape index (κ3) is 2.20. The fourth-order valence-electron chi connectivity index (χ4n) is 1.44. The Balaban J connectivity index is 0.000000396. The van der Waals surface area contributed by atoms with E-state index in [4.69, 9.17) is 4.74 Å². The fourth-order valence-corrected chi connectivity index (χ4v) is 1.44. The summed E-state index contributed by atoms with van der Waals surface area (Å²) in [6, 6.07) is 0. The van der Waals surface area contributed by atoms with Crippen molar-refractivity contribution in [2.24, 2.45) is 0 Å². The third-order valence-corrected chi connectivity index (χ3v) is 2.03. The number of ether oxygens (including phenoxy) is 1. The highest BCUT2D eigenvalue weighted by Crippen LogP contribution is 2.25. The van der Waals surface area contributed by atoms with E-state index >= 15 is 0 Å². The van der Waals surface area contributed by atoms with Crippen molar-refractivity contribution >= 4 is 5.78 Å². The van der Waals surface area contributed by atoms with Crippen molar-refractivity contribution < 1.29 is 9.53 Å². The van der Waals surface area contributed by atoms with Crippen LogP contribution in [0.3, 0.4) is 0 Å². The first kappa shape index (κ1) is 10.0. The minimum Gasteiger partial charge on any atom is -0.497 e. The Bertz CT molecular complexity index is 249. The van der Waals surface area contributed by atoms with Crippen LogP contribution in [0.2, 0.25) is 0 Å². The van der Waals surface area contributed by atoms with Crippen LogP contribution >= 0.6 is 0 Å². The topological polar surface area (TPSA) is 26.3 Å². The molecular formula is C11H16O2. The van der Waals surface area contributed by atoms with E-state index in [1.807, 2.05) is 26.0 Å². The first-order valence-electron chi connectivity index (χ1n) is 4.93. The Morgan fingerprint density at radius 3 is 2.77 bits per heavy atom. The van der Waals surface area contributed by atoms with Crippen molar-refractivity contribution in [3.8, 4) is 0 Å². The summed E-state index contributed by atoms with van der Waals surface area (Å²) < 4.78 is 5.36. The molecule has 2 nitrogen and oxygen atoms in total. The van der Waals surface area contributed by atoms with Gasteiger partial charge >= 0.3 is 0 Å². The summed E-state index contributed by atoms with van der Waals surface area (Å²) in [5.41, 5.74) is 0.808. The summed E-state index contributed by atoms with van der Waals surface area (Å²) in [4.78, 5) is 11.2. The van der Waals surface area contributed by atoms with Gasteiger partial charge in [-0.1, -0.05) is 26.0 Å². The smallest absolute Gasteiger partial charge is 0.169 e. The Morgan fingerprint density at radius 1 is 1.31 bits per heavy atom. The molecule has 0 amide bonds. The van der Waals surface area contributed by atoms with E-state index in [-0.39, 0.29) is 5.78 Å². The molecule has 0 saturated heterocycles. The van der Waals surface area contributed by atoms with Crippen molar-refractivity contribution in [3.05, 3.63) is 23.5 Å². The molecule has 0 atom stereocenters. The lowest BCUT2D eigenvalue weighted by Gasteiger charge is -2.20. The highest BCUT2D eigenvalue weighted by Gasteiger charge is 2.20. The minimum absolute atomic E-state index is 0.238. The van der Waals surface area contributed by atoms with Crippen molar-refractivity contribution in [3.63, 3.8) is 0 Å². The second kappa shape index (κ2) is 4.85. The molecule has 0 aromatic carbocycles. The molecule has 1 heterocycles. The zero-order valence-corrected chi connectivity index (χ0v) is 8.30. The molecule has 2 aliphatic rings. The lowest BCUT2D eigenvalue weighted by Crippen LogP contribution is -2.17. The summed E-state index contributed by atoms with van der Waals surface area (Å²) in [5, 5.41) is 0. The standard InChI is InChI=1S/C9H10O2.C2H6/c10-8-5-6-11-9-4-2-1-3-7(8)9;1-2/h1,3H,2,4-6H2;1-2H3. The first-order chi connectivity index (χ1) is 6.38. The number of Topliss-reactive ketones (excluding diaryl/α,β-unsaturated/α-hetero) is 1. The van der Waals surface area contributed by atoms with Crippen LogP contribution in [0.5, 0.6) is 0 Å². The molecule has 0 radical (unpaired) electrons. The number of hydrogen-bond acceptors (Lipinski definition) is 2. The predicted molar refractivity (Wildman–Crippen MR) is 52.3 cm³/mol. The number of ketones is 1. The van der Waals surface area contributed by atoms with Gasteiger partial charge in [-0.15, -0.1) is 0 Å². The van der Waals surface area contributed by atoms with Crippen molar-refractivity contribution in [1.29, 1.82) is 0 Å². The zero-order valence-electron chi connectivity index (χ0n) is 8.30. The van der Waals surface area contributed by atoms with Crippen LogP contribution in [0.1, 0.15) is 33.1 Å². The maximum Gasteiger partial charge on any atom is 0.169 e. The van der Waals surface area contributed by atoms with Crippen LogP contribution in [0.4, 0.5) is 0 Å². The van der Waals surface area contributed by atoms with E-state index in [9.17, 15) is 4.79 Å². The third-order valence-electron chi connectivity index (χ3n) is 2.03. The SMILES string of the molecule is CC.O=C1CCOC2=C1C=CCC2. The summed E-state index contributed by atoms with van der Waals surface area (Å²) in [5.74, 6) is 1.14. The summed E-state index contributed by atoms with van der Waals surface area (Å²) in [7, 11) is 0. The van der Waals surface area contributed by atoms with E-state index in [0.717, 1.165) is 24.2 Å². The second-order valence-corrected chi connectivity index (χ2v) is 2.80. The molecular weight excluding hydrogens is 164 g/mol. The minimum atomic E-state index is 0.238. The highest BCUT2D eigenvalue weighted by molar-refractivity contribution is 5.99. The molecule has 0 unspecified atom stereocenters. The van der Waals surface area contributed by atoms with E-state index < -0.39 is 0 Å². The van der Waals surface area contributed by atoms with Crippen molar-refractivity contribution in [2.75, 3.05) is 6.61 Å². The van der Waals surface area contributed by atoms with Crippen LogP contribution in [0, 0.1) is 0 Å². The lowest BCUT2D eigenvalue weighted by atomic mass is 9.98. The molecule has 0 aromatic rings. The highest BCUT2D eigenvalue weighted by atomic mass is 16.5. The van der Waals surface area contributed by atoms with Gasteiger partial charge in [-0.25, -0.2) is 0 Å². The van der Waals surface area contributed by atoms with Gasteiger partial charge in [0.15, 0.2) is 5.78 Å². The van der Waals surface area contributed by atoms with Gasteiger partial charge in [0.25, 0.3) is 0 Å². The monoisotopic (exact) mass is 180 g/mol. The summed E-state index contributed by atoms with van der Waals surface area (Å²) >= 11 is 0. The average Bonchev–Trinajstić information content (AvgIpc) is 2.22. The van der Waals surface area contributed by atoms with Crippen molar-refractivity contribution in [1.82, 2.24) is 0 Å². The molecule has 13 heavy (non-hydrogen) atoms. The molecule has 1 aliphatic heterocycles.